The van der Waals surface area contributed by atoms with Crippen molar-refractivity contribution >= 4 is 23.5 Å². The summed E-state index contributed by atoms with van der Waals surface area (Å²) in [4.78, 5) is 21.7. The number of carbonyl (C=O) groups excluding carboxylic acids is 2. The Morgan fingerprint density at radius 1 is 1.50 bits per heavy atom. The normalized spacial score (nSPS) is 9.69. The van der Waals surface area contributed by atoms with Gasteiger partial charge in [-0.1, -0.05) is 17.7 Å². The maximum Gasteiger partial charge on any atom is 0.396 e. The van der Waals surface area contributed by atoms with Crippen molar-refractivity contribution in [3.05, 3.63) is 34.6 Å². The van der Waals surface area contributed by atoms with Crippen LogP contribution < -0.4 is 5.32 Å². The van der Waals surface area contributed by atoms with E-state index in [0.717, 1.165) is 7.11 Å². The fourth-order valence-corrected chi connectivity index (χ4v) is 1.20. The summed E-state index contributed by atoms with van der Waals surface area (Å²) < 4.78 is 17.0. The maximum atomic E-state index is 12.8. The third kappa shape index (κ3) is 3.20. The van der Waals surface area contributed by atoms with Crippen LogP contribution in [0.3, 0.4) is 0 Å². The van der Waals surface area contributed by atoms with Gasteiger partial charge in [-0.2, -0.15) is 0 Å². The number of halogens is 2. The minimum Gasteiger partial charge on any atom is -0.462 e. The average Bonchev–Trinajstić information content (AvgIpc) is 2.29. The fourth-order valence-electron chi connectivity index (χ4n) is 0.997. The largest absolute Gasteiger partial charge is 0.462 e. The quantitative estimate of drug-likeness (QED) is 0.631. The van der Waals surface area contributed by atoms with Crippen LogP contribution in [-0.2, 0) is 20.9 Å². The Morgan fingerprint density at radius 3 is 2.75 bits per heavy atom. The highest BCUT2D eigenvalue weighted by molar-refractivity contribution is 6.32. The minimum absolute atomic E-state index is 0.0372. The van der Waals surface area contributed by atoms with Gasteiger partial charge in [0.25, 0.3) is 0 Å². The lowest BCUT2D eigenvalue weighted by Gasteiger charge is -2.04. The number of rotatable bonds is 2. The van der Waals surface area contributed by atoms with E-state index in [0.29, 0.717) is 5.56 Å². The van der Waals surface area contributed by atoms with Crippen LogP contribution in [0, 0.1) is 5.82 Å². The third-order valence-electron chi connectivity index (χ3n) is 1.81. The van der Waals surface area contributed by atoms with Crippen molar-refractivity contribution in [2.45, 2.75) is 6.54 Å². The van der Waals surface area contributed by atoms with E-state index in [2.05, 4.69) is 10.1 Å². The van der Waals surface area contributed by atoms with Crippen LogP contribution in [-0.4, -0.2) is 19.0 Å². The van der Waals surface area contributed by atoms with E-state index in [4.69, 9.17) is 11.6 Å². The lowest BCUT2D eigenvalue weighted by Crippen LogP contribution is -2.31. The van der Waals surface area contributed by atoms with Crippen molar-refractivity contribution in [2.75, 3.05) is 7.11 Å². The Morgan fingerprint density at radius 2 is 2.19 bits per heavy atom. The van der Waals surface area contributed by atoms with Crippen LogP contribution >= 0.6 is 11.6 Å². The zero-order chi connectivity index (χ0) is 12.1. The third-order valence-corrected chi connectivity index (χ3v) is 2.10. The molecule has 0 aliphatic heterocycles. The van der Waals surface area contributed by atoms with E-state index >= 15 is 0 Å². The Balaban J connectivity index is 2.58. The number of methoxy groups -OCH3 is 1. The molecule has 0 aliphatic rings. The molecule has 86 valence electrons. The Labute approximate surface area is 96.3 Å². The highest BCUT2D eigenvalue weighted by Gasteiger charge is 2.12. The lowest BCUT2D eigenvalue weighted by molar-refractivity contribution is -0.152. The van der Waals surface area contributed by atoms with E-state index in [9.17, 15) is 14.0 Å². The summed E-state index contributed by atoms with van der Waals surface area (Å²) in [6.07, 6.45) is 0. The molecule has 16 heavy (non-hydrogen) atoms. The molecular formula is C10H9ClFNO3. The molecule has 1 amide bonds. The van der Waals surface area contributed by atoms with Crippen LogP contribution in [0.1, 0.15) is 5.56 Å². The van der Waals surface area contributed by atoms with Crippen molar-refractivity contribution in [3.63, 3.8) is 0 Å². The first-order valence-corrected chi connectivity index (χ1v) is 4.72. The van der Waals surface area contributed by atoms with E-state index in [-0.39, 0.29) is 11.6 Å². The second-order valence-corrected chi connectivity index (χ2v) is 3.33. The summed E-state index contributed by atoms with van der Waals surface area (Å²) in [6.45, 7) is 0.0773. The monoisotopic (exact) mass is 245 g/mol. The number of esters is 1. The van der Waals surface area contributed by atoms with Gasteiger partial charge in [-0.3, -0.25) is 4.79 Å². The SMILES string of the molecule is COC(=O)C(=O)NCc1ccc(F)c(Cl)c1. The minimum atomic E-state index is -0.979. The number of carbonyl (C=O) groups is 2. The maximum absolute atomic E-state index is 12.8. The van der Waals surface area contributed by atoms with Crippen LogP contribution in [0.15, 0.2) is 18.2 Å². The molecule has 1 rings (SSSR count). The summed E-state index contributed by atoms with van der Waals surface area (Å²) in [5.41, 5.74) is 0.587. The van der Waals surface area contributed by atoms with E-state index in [1.54, 1.807) is 0 Å². The molecule has 1 aromatic carbocycles. The number of ether oxygens (including phenoxy) is 1. The molecule has 0 unspecified atom stereocenters. The Bertz CT molecular complexity index is 423. The molecule has 0 aliphatic carbocycles. The number of hydrogen-bond donors (Lipinski definition) is 1. The van der Waals surface area contributed by atoms with Gasteiger partial charge >= 0.3 is 11.9 Å². The predicted octanol–water partition coefficient (Wildman–Crippen LogP) is 1.27. The molecule has 1 aromatic rings. The number of hydrogen-bond acceptors (Lipinski definition) is 3. The Kier molecular flexibility index (Phi) is 4.25. The first-order chi connectivity index (χ1) is 7.54. The van der Waals surface area contributed by atoms with Gasteiger partial charge in [0.1, 0.15) is 5.82 Å². The second-order valence-electron chi connectivity index (χ2n) is 2.92. The van der Waals surface area contributed by atoms with Crippen LogP contribution in [0.2, 0.25) is 5.02 Å². The highest BCUT2D eigenvalue weighted by atomic mass is 35.5. The highest BCUT2D eigenvalue weighted by Crippen LogP contribution is 2.15. The second kappa shape index (κ2) is 5.46. The number of benzene rings is 1. The van der Waals surface area contributed by atoms with Gasteiger partial charge in [0.2, 0.25) is 0 Å². The van der Waals surface area contributed by atoms with Crippen molar-refractivity contribution in [1.29, 1.82) is 0 Å². The molecular weight excluding hydrogens is 237 g/mol. The molecule has 0 bridgehead atoms. The van der Waals surface area contributed by atoms with Crippen molar-refractivity contribution in [1.82, 2.24) is 5.32 Å². The Hall–Kier alpha value is -1.62. The van der Waals surface area contributed by atoms with Gasteiger partial charge in [-0.05, 0) is 17.7 Å². The molecule has 0 aromatic heterocycles. The van der Waals surface area contributed by atoms with Crippen molar-refractivity contribution in [2.24, 2.45) is 0 Å². The summed E-state index contributed by atoms with van der Waals surface area (Å²) in [6, 6.07) is 4.01. The molecule has 0 spiro atoms. The van der Waals surface area contributed by atoms with E-state index in [1.807, 2.05) is 0 Å². The zero-order valence-corrected chi connectivity index (χ0v) is 9.18. The van der Waals surface area contributed by atoms with Gasteiger partial charge < -0.3 is 10.1 Å². The summed E-state index contributed by atoms with van der Waals surface area (Å²) in [5.74, 6) is -2.37. The first-order valence-electron chi connectivity index (χ1n) is 4.34. The van der Waals surface area contributed by atoms with Crippen LogP contribution in [0.25, 0.3) is 0 Å². The topological polar surface area (TPSA) is 55.4 Å². The molecule has 6 heteroatoms. The molecule has 0 atom stereocenters. The van der Waals surface area contributed by atoms with Gasteiger partial charge in [0.15, 0.2) is 0 Å². The molecule has 0 radical (unpaired) electrons. The number of nitrogens with one attached hydrogen (secondary N) is 1. The molecule has 0 saturated carbocycles. The molecule has 0 fully saturated rings. The first kappa shape index (κ1) is 12.4. The molecule has 0 heterocycles. The summed E-state index contributed by atoms with van der Waals surface area (Å²) >= 11 is 5.54. The summed E-state index contributed by atoms with van der Waals surface area (Å²) in [5, 5.41) is 2.26. The smallest absolute Gasteiger partial charge is 0.396 e. The fraction of sp³-hybridized carbons (Fsp3) is 0.200. The number of amides is 1. The van der Waals surface area contributed by atoms with E-state index in [1.165, 1.54) is 18.2 Å². The summed E-state index contributed by atoms with van der Waals surface area (Å²) in [7, 11) is 1.11. The van der Waals surface area contributed by atoms with Gasteiger partial charge in [0.05, 0.1) is 12.1 Å². The zero-order valence-electron chi connectivity index (χ0n) is 8.42. The molecule has 0 saturated heterocycles. The predicted molar refractivity (Wildman–Crippen MR) is 55.3 cm³/mol. The van der Waals surface area contributed by atoms with Gasteiger partial charge in [0, 0.05) is 6.54 Å². The molecule has 4 nitrogen and oxygen atoms in total. The van der Waals surface area contributed by atoms with Crippen LogP contribution in [0.4, 0.5) is 4.39 Å². The average molecular weight is 246 g/mol. The molecule has 1 N–H and O–H groups in total. The standard InChI is InChI=1S/C10H9ClFNO3/c1-16-10(15)9(14)13-5-6-2-3-8(12)7(11)4-6/h2-4H,5H2,1H3,(H,13,14). The van der Waals surface area contributed by atoms with Gasteiger partial charge in [-0.25, -0.2) is 9.18 Å². The van der Waals surface area contributed by atoms with Crippen LogP contribution in [0.5, 0.6) is 0 Å². The lowest BCUT2D eigenvalue weighted by atomic mass is 10.2. The van der Waals surface area contributed by atoms with Crippen molar-refractivity contribution < 1.29 is 18.7 Å². The van der Waals surface area contributed by atoms with E-state index < -0.39 is 17.7 Å². The van der Waals surface area contributed by atoms with Gasteiger partial charge in [-0.15, -0.1) is 0 Å². The van der Waals surface area contributed by atoms with Crippen molar-refractivity contribution in [3.8, 4) is 0 Å².